The molecular formula is C21H32N2O4S. The second-order valence-corrected chi connectivity index (χ2v) is 9.29. The Morgan fingerprint density at radius 3 is 2.46 bits per heavy atom. The average Bonchev–Trinajstić information content (AvgIpc) is 3.46. The number of benzene rings is 1. The summed E-state index contributed by atoms with van der Waals surface area (Å²) in [5.41, 5.74) is 0.564. The summed E-state index contributed by atoms with van der Waals surface area (Å²) in [5, 5.41) is 6.35. The van der Waals surface area contributed by atoms with Crippen molar-refractivity contribution in [3.63, 3.8) is 0 Å². The third kappa shape index (κ3) is 8.52. The van der Waals surface area contributed by atoms with Gasteiger partial charge in [-0.2, -0.15) is 0 Å². The molecular weight excluding hydrogens is 376 g/mol. The highest BCUT2D eigenvalue weighted by Gasteiger charge is 2.27. The first-order valence-corrected chi connectivity index (χ1v) is 10.8. The minimum absolute atomic E-state index is 0.174. The largest absolute Gasteiger partial charge is 0.467 e. The smallest absolute Gasteiger partial charge is 0.408 e. The van der Waals surface area contributed by atoms with Crippen molar-refractivity contribution in [1.82, 2.24) is 10.6 Å². The lowest BCUT2D eigenvalue weighted by Gasteiger charge is -2.24. The number of nitrogens with one attached hydrogen (secondary N) is 2. The molecule has 1 aromatic rings. The summed E-state index contributed by atoms with van der Waals surface area (Å²) in [6.45, 7) is 7.19. The Kier molecular flexibility index (Phi) is 8.63. The number of amides is 1. The van der Waals surface area contributed by atoms with Crippen LogP contribution in [0.4, 0.5) is 4.79 Å². The van der Waals surface area contributed by atoms with Gasteiger partial charge in [-0.25, -0.2) is 9.59 Å². The zero-order chi connectivity index (χ0) is 20.6. The number of ether oxygens (including phenoxy) is 2. The maximum atomic E-state index is 12.2. The molecule has 1 aliphatic rings. The van der Waals surface area contributed by atoms with Crippen LogP contribution in [0.2, 0.25) is 0 Å². The van der Waals surface area contributed by atoms with Gasteiger partial charge in [-0.05, 0) is 51.6 Å². The zero-order valence-corrected chi connectivity index (χ0v) is 18.0. The molecule has 28 heavy (non-hydrogen) atoms. The van der Waals surface area contributed by atoms with Gasteiger partial charge in [0.1, 0.15) is 11.6 Å². The molecule has 0 spiro atoms. The van der Waals surface area contributed by atoms with Gasteiger partial charge < -0.3 is 20.1 Å². The molecule has 2 N–H and O–H groups in total. The SMILES string of the molecule is COC(=O)[C@@H](CSC(CNCC1CC1)c1ccccc1)NC(=O)OC(C)(C)C. The van der Waals surface area contributed by atoms with Crippen LogP contribution in [0.25, 0.3) is 0 Å². The maximum absolute atomic E-state index is 12.2. The Labute approximate surface area is 172 Å². The lowest BCUT2D eigenvalue weighted by molar-refractivity contribution is -0.142. The van der Waals surface area contributed by atoms with Gasteiger partial charge in [-0.15, -0.1) is 11.8 Å². The van der Waals surface area contributed by atoms with E-state index in [9.17, 15) is 9.59 Å². The number of carbonyl (C=O) groups excluding carboxylic acids is 2. The van der Waals surface area contributed by atoms with Crippen LogP contribution in [-0.4, -0.2) is 49.7 Å². The second-order valence-electron chi connectivity index (χ2n) is 8.06. The molecule has 0 radical (unpaired) electrons. The normalized spacial score (nSPS) is 16.1. The van der Waals surface area contributed by atoms with Crippen molar-refractivity contribution >= 4 is 23.8 Å². The molecule has 0 aliphatic heterocycles. The van der Waals surface area contributed by atoms with Crippen LogP contribution in [0, 0.1) is 5.92 Å². The van der Waals surface area contributed by atoms with E-state index >= 15 is 0 Å². The Morgan fingerprint density at radius 2 is 1.89 bits per heavy atom. The van der Waals surface area contributed by atoms with E-state index in [2.05, 4.69) is 22.8 Å². The molecule has 2 atom stereocenters. The average molecular weight is 409 g/mol. The van der Waals surface area contributed by atoms with Gasteiger partial charge in [0, 0.05) is 17.5 Å². The van der Waals surface area contributed by atoms with Gasteiger partial charge in [-0.1, -0.05) is 30.3 Å². The molecule has 0 aromatic heterocycles. The van der Waals surface area contributed by atoms with E-state index in [1.165, 1.54) is 25.5 Å². The predicted molar refractivity (Wildman–Crippen MR) is 112 cm³/mol. The van der Waals surface area contributed by atoms with E-state index in [0.29, 0.717) is 5.75 Å². The maximum Gasteiger partial charge on any atom is 0.408 e. The van der Waals surface area contributed by atoms with Crippen molar-refractivity contribution in [2.75, 3.05) is 26.0 Å². The second kappa shape index (κ2) is 10.7. The number of rotatable bonds is 10. The molecule has 1 fully saturated rings. The Balaban J connectivity index is 1.96. The Morgan fingerprint density at radius 1 is 1.21 bits per heavy atom. The highest BCUT2D eigenvalue weighted by molar-refractivity contribution is 7.99. The molecule has 1 aromatic carbocycles. The number of esters is 1. The van der Waals surface area contributed by atoms with E-state index in [1.54, 1.807) is 32.5 Å². The number of methoxy groups -OCH3 is 1. The predicted octanol–water partition coefficient (Wildman–Crippen LogP) is 3.53. The summed E-state index contributed by atoms with van der Waals surface area (Å²) in [6.07, 6.45) is 1.99. The molecule has 1 unspecified atom stereocenters. The molecule has 0 bridgehead atoms. The van der Waals surface area contributed by atoms with Crippen molar-refractivity contribution in [1.29, 1.82) is 0 Å². The van der Waals surface area contributed by atoms with E-state index in [4.69, 9.17) is 9.47 Å². The van der Waals surface area contributed by atoms with Gasteiger partial charge in [-0.3, -0.25) is 0 Å². The lowest BCUT2D eigenvalue weighted by Crippen LogP contribution is -2.45. The van der Waals surface area contributed by atoms with E-state index in [0.717, 1.165) is 19.0 Å². The summed E-state index contributed by atoms with van der Waals surface area (Å²) in [5.74, 6) is 0.727. The van der Waals surface area contributed by atoms with E-state index in [1.807, 2.05) is 18.2 Å². The fraction of sp³-hybridized carbons (Fsp3) is 0.619. The van der Waals surface area contributed by atoms with Crippen molar-refractivity contribution in [2.24, 2.45) is 5.92 Å². The zero-order valence-electron chi connectivity index (χ0n) is 17.2. The van der Waals surface area contributed by atoms with Crippen LogP contribution in [0.3, 0.4) is 0 Å². The summed E-state index contributed by atoms with van der Waals surface area (Å²) in [6, 6.07) is 9.43. The summed E-state index contributed by atoms with van der Waals surface area (Å²) in [7, 11) is 1.32. The molecule has 2 rings (SSSR count). The van der Waals surface area contributed by atoms with Gasteiger partial charge in [0.25, 0.3) is 0 Å². The number of thioether (sulfide) groups is 1. The highest BCUT2D eigenvalue weighted by atomic mass is 32.2. The summed E-state index contributed by atoms with van der Waals surface area (Å²) >= 11 is 1.62. The van der Waals surface area contributed by atoms with E-state index in [-0.39, 0.29) is 5.25 Å². The van der Waals surface area contributed by atoms with Crippen LogP contribution in [0.5, 0.6) is 0 Å². The lowest BCUT2D eigenvalue weighted by atomic mass is 10.1. The number of hydrogen-bond donors (Lipinski definition) is 2. The first-order valence-electron chi connectivity index (χ1n) is 9.73. The van der Waals surface area contributed by atoms with Gasteiger partial charge in [0.05, 0.1) is 7.11 Å². The standard InChI is InChI=1S/C21H32N2O4S/c1-21(2,3)27-20(25)23-17(19(24)26-4)14-28-18(13-22-12-15-10-11-15)16-8-6-5-7-9-16/h5-9,15,17-18,22H,10-14H2,1-4H3,(H,23,25)/t17-,18?/m1/s1. The quantitative estimate of drug-likeness (QED) is 0.577. The molecule has 0 heterocycles. The fourth-order valence-corrected chi connectivity index (χ4v) is 3.88. The number of carbonyl (C=O) groups is 2. The fourth-order valence-electron chi connectivity index (χ4n) is 2.65. The van der Waals surface area contributed by atoms with Gasteiger partial charge in [0.2, 0.25) is 0 Å². The molecule has 1 aliphatic carbocycles. The monoisotopic (exact) mass is 408 g/mol. The van der Waals surface area contributed by atoms with E-state index < -0.39 is 23.7 Å². The summed E-state index contributed by atoms with van der Waals surface area (Å²) < 4.78 is 10.1. The van der Waals surface area contributed by atoms with Crippen LogP contribution in [-0.2, 0) is 14.3 Å². The molecule has 7 heteroatoms. The molecule has 6 nitrogen and oxygen atoms in total. The topological polar surface area (TPSA) is 76.7 Å². The summed E-state index contributed by atoms with van der Waals surface area (Å²) in [4.78, 5) is 24.2. The van der Waals surface area contributed by atoms with Crippen molar-refractivity contribution in [2.45, 2.75) is 50.5 Å². The van der Waals surface area contributed by atoms with Crippen LogP contribution in [0.1, 0.15) is 44.4 Å². The van der Waals surface area contributed by atoms with Crippen molar-refractivity contribution in [3.05, 3.63) is 35.9 Å². The molecule has 1 amide bonds. The van der Waals surface area contributed by atoms with Gasteiger partial charge in [0.15, 0.2) is 0 Å². The molecule has 1 saturated carbocycles. The van der Waals surface area contributed by atoms with Crippen LogP contribution in [0.15, 0.2) is 30.3 Å². The first-order chi connectivity index (χ1) is 13.3. The minimum Gasteiger partial charge on any atom is -0.467 e. The minimum atomic E-state index is -0.764. The van der Waals surface area contributed by atoms with Gasteiger partial charge >= 0.3 is 12.1 Å². The third-order valence-corrected chi connectivity index (χ3v) is 5.64. The molecule has 0 saturated heterocycles. The van der Waals surface area contributed by atoms with Crippen molar-refractivity contribution in [3.8, 4) is 0 Å². The first kappa shape index (κ1) is 22.6. The van der Waals surface area contributed by atoms with Crippen molar-refractivity contribution < 1.29 is 19.1 Å². The van der Waals surface area contributed by atoms with Crippen LogP contribution >= 0.6 is 11.8 Å². The molecule has 156 valence electrons. The third-order valence-electron chi connectivity index (χ3n) is 4.27. The Bertz CT molecular complexity index is 629. The highest BCUT2D eigenvalue weighted by Crippen LogP contribution is 2.31. The van der Waals surface area contributed by atoms with Crippen LogP contribution < -0.4 is 10.6 Å². The number of alkyl carbamates (subject to hydrolysis) is 1. The Hall–Kier alpha value is -1.73. The number of hydrogen-bond acceptors (Lipinski definition) is 6.